The molecule has 4 heteroatoms. The smallest absolute Gasteiger partial charge is 0.321 e. The van der Waals surface area contributed by atoms with Crippen LogP contribution in [0, 0.1) is 5.92 Å². The summed E-state index contributed by atoms with van der Waals surface area (Å²) in [7, 11) is 0. The number of carbonyl (C=O) groups is 1. The number of nitrogens with two attached hydrogens (primary N) is 1. The van der Waals surface area contributed by atoms with Gasteiger partial charge in [-0.1, -0.05) is 37.6 Å². The van der Waals surface area contributed by atoms with Gasteiger partial charge < -0.3 is 10.8 Å². The summed E-state index contributed by atoms with van der Waals surface area (Å²) >= 11 is 5.79. The Bertz CT molecular complexity index is 362. The zero-order valence-corrected chi connectivity index (χ0v) is 10.1. The van der Waals surface area contributed by atoms with Crippen LogP contribution in [0.5, 0.6) is 0 Å². The van der Waals surface area contributed by atoms with Gasteiger partial charge in [0.05, 0.1) is 0 Å². The fourth-order valence-electron chi connectivity index (χ4n) is 1.85. The van der Waals surface area contributed by atoms with Gasteiger partial charge in [-0.15, -0.1) is 0 Å². The van der Waals surface area contributed by atoms with Crippen LogP contribution < -0.4 is 5.73 Å². The predicted octanol–water partition coefficient (Wildman–Crippen LogP) is 2.49. The molecule has 0 amide bonds. The van der Waals surface area contributed by atoms with Crippen molar-refractivity contribution in [3.63, 3.8) is 0 Å². The van der Waals surface area contributed by atoms with Gasteiger partial charge in [-0.25, -0.2) is 0 Å². The van der Waals surface area contributed by atoms with Crippen LogP contribution in [-0.2, 0) is 4.79 Å². The monoisotopic (exact) mass is 241 g/mol. The molecule has 0 aliphatic rings. The maximum absolute atomic E-state index is 10.9. The molecule has 0 saturated heterocycles. The molecule has 0 radical (unpaired) electrons. The number of carboxylic acids is 1. The van der Waals surface area contributed by atoms with Crippen molar-refractivity contribution in [1.29, 1.82) is 0 Å². The molecule has 3 N–H and O–H groups in total. The van der Waals surface area contributed by atoms with Crippen molar-refractivity contribution in [3.05, 3.63) is 34.9 Å². The van der Waals surface area contributed by atoms with E-state index in [9.17, 15) is 4.79 Å². The van der Waals surface area contributed by atoms with Crippen LogP contribution in [0.2, 0.25) is 5.02 Å². The number of hydrogen-bond acceptors (Lipinski definition) is 2. The number of carboxylic acid groups (broad SMARTS) is 1. The maximum Gasteiger partial charge on any atom is 0.321 e. The molecule has 1 aromatic carbocycles. The third-order valence-corrected chi connectivity index (χ3v) is 2.90. The molecule has 0 heterocycles. The lowest BCUT2D eigenvalue weighted by Crippen LogP contribution is -2.38. The van der Waals surface area contributed by atoms with E-state index in [4.69, 9.17) is 22.4 Å². The first kappa shape index (κ1) is 13.0. The Morgan fingerprint density at radius 1 is 1.31 bits per heavy atom. The van der Waals surface area contributed by atoms with Crippen molar-refractivity contribution in [1.82, 2.24) is 0 Å². The van der Waals surface area contributed by atoms with E-state index in [-0.39, 0.29) is 11.8 Å². The number of rotatable bonds is 4. The standard InChI is InChI=1S/C12H16ClNO2/c1-7(2)10(11(14)12(15)16)8-3-5-9(13)6-4-8/h3-7,10-11H,14H2,1-2H3,(H,15,16). The maximum atomic E-state index is 10.9. The van der Waals surface area contributed by atoms with Crippen LogP contribution in [0.4, 0.5) is 0 Å². The Labute approximate surface area is 100 Å². The number of halogens is 1. The molecule has 16 heavy (non-hydrogen) atoms. The van der Waals surface area contributed by atoms with E-state index >= 15 is 0 Å². The van der Waals surface area contributed by atoms with Crippen molar-refractivity contribution in [2.75, 3.05) is 0 Å². The van der Waals surface area contributed by atoms with E-state index in [0.29, 0.717) is 5.02 Å². The van der Waals surface area contributed by atoms with Crippen molar-refractivity contribution in [2.45, 2.75) is 25.8 Å². The molecule has 1 aromatic rings. The fraction of sp³-hybridized carbons (Fsp3) is 0.417. The summed E-state index contributed by atoms with van der Waals surface area (Å²) in [6.45, 7) is 3.92. The fourth-order valence-corrected chi connectivity index (χ4v) is 1.97. The molecule has 3 nitrogen and oxygen atoms in total. The highest BCUT2D eigenvalue weighted by atomic mass is 35.5. The Hall–Kier alpha value is -1.06. The first-order valence-electron chi connectivity index (χ1n) is 5.17. The van der Waals surface area contributed by atoms with Gasteiger partial charge in [0.1, 0.15) is 6.04 Å². The number of benzene rings is 1. The summed E-state index contributed by atoms with van der Waals surface area (Å²) in [5.41, 5.74) is 6.61. The zero-order valence-electron chi connectivity index (χ0n) is 9.35. The molecule has 0 aromatic heterocycles. The molecule has 0 aliphatic heterocycles. The minimum Gasteiger partial charge on any atom is -0.480 e. The van der Waals surface area contributed by atoms with Gasteiger partial charge in [0.25, 0.3) is 0 Å². The molecule has 0 saturated carbocycles. The quantitative estimate of drug-likeness (QED) is 0.851. The average Bonchev–Trinajstić information content (AvgIpc) is 2.20. The number of aliphatic carboxylic acids is 1. The molecular formula is C12H16ClNO2. The van der Waals surface area contributed by atoms with E-state index in [1.54, 1.807) is 12.1 Å². The van der Waals surface area contributed by atoms with Gasteiger partial charge >= 0.3 is 5.97 Å². The van der Waals surface area contributed by atoms with Crippen LogP contribution in [0.15, 0.2) is 24.3 Å². The van der Waals surface area contributed by atoms with Crippen LogP contribution in [-0.4, -0.2) is 17.1 Å². The molecule has 2 atom stereocenters. The van der Waals surface area contributed by atoms with E-state index in [2.05, 4.69) is 0 Å². The Morgan fingerprint density at radius 3 is 2.19 bits per heavy atom. The highest BCUT2D eigenvalue weighted by Gasteiger charge is 2.28. The summed E-state index contributed by atoms with van der Waals surface area (Å²) < 4.78 is 0. The number of hydrogen-bond donors (Lipinski definition) is 2. The second-order valence-corrected chi connectivity index (χ2v) is 4.62. The highest BCUT2D eigenvalue weighted by molar-refractivity contribution is 6.30. The minimum absolute atomic E-state index is 0.160. The predicted molar refractivity (Wildman–Crippen MR) is 64.6 cm³/mol. The van der Waals surface area contributed by atoms with Gasteiger partial charge in [-0.05, 0) is 23.6 Å². The summed E-state index contributed by atoms with van der Waals surface area (Å²) in [6.07, 6.45) is 0. The Kier molecular flexibility index (Phi) is 4.33. The normalized spacial score (nSPS) is 14.8. The second kappa shape index (κ2) is 5.32. The molecule has 0 spiro atoms. The Balaban J connectivity index is 3.03. The molecule has 0 fully saturated rings. The van der Waals surface area contributed by atoms with Crippen molar-refractivity contribution < 1.29 is 9.90 Å². The minimum atomic E-state index is -0.978. The van der Waals surface area contributed by atoms with E-state index in [1.165, 1.54) is 0 Å². The lowest BCUT2D eigenvalue weighted by atomic mass is 9.83. The van der Waals surface area contributed by atoms with Crippen LogP contribution >= 0.6 is 11.6 Å². The van der Waals surface area contributed by atoms with Crippen molar-refractivity contribution in [3.8, 4) is 0 Å². The molecule has 0 aliphatic carbocycles. The SMILES string of the molecule is CC(C)C(c1ccc(Cl)cc1)C(N)C(=O)O. The lowest BCUT2D eigenvalue weighted by Gasteiger charge is -2.25. The van der Waals surface area contributed by atoms with Gasteiger partial charge in [0, 0.05) is 10.9 Å². The third-order valence-electron chi connectivity index (χ3n) is 2.65. The average molecular weight is 242 g/mol. The molecule has 1 rings (SSSR count). The van der Waals surface area contributed by atoms with Crippen LogP contribution in [0.3, 0.4) is 0 Å². The van der Waals surface area contributed by atoms with E-state index < -0.39 is 12.0 Å². The lowest BCUT2D eigenvalue weighted by molar-refractivity contribution is -0.139. The summed E-state index contributed by atoms with van der Waals surface area (Å²) in [5.74, 6) is -1.02. The molecule has 2 unspecified atom stereocenters. The highest BCUT2D eigenvalue weighted by Crippen LogP contribution is 2.28. The zero-order chi connectivity index (χ0) is 12.3. The van der Waals surface area contributed by atoms with Crippen molar-refractivity contribution in [2.24, 2.45) is 11.7 Å². The Morgan fingerprint density at radius 2 is 1.81 bits per heavy atom. The summed E-state index contributed by atoms with van der Waals surface area (Å²) in [4.78, 5) is 10.9. The van der Waals surface area contributed by atoms with Crippen LogP contribution in [0.25, 0.3) is 0 Å². The molecule has 88 valence electrons. The molecular weight excluding hydrogens is 226 g/mol. The topological polar surface area (TPSA) is 63.3 Å². The first-order chi connectivity index (χ1) is 7.43. The van der Waals surface area contributed by atoms with Gasteiger partial charge in [0.15, 0.2) is 0 Å². The van der Waals surface area contributed by atoms with Crippen molar-refractivity contribution >= 4 is 17.6 Å². The third kappa shape index (κ3) is 2.97. The van der Waals surface area contributed by atoms with Crippen LogP contribution in [0.1, 0.15) is 25.3 Å². The summed E-state index contributed by atoms with van der Waals surface area (Å²) in [6, 6.07) is 6.27. The van der Waals surface area contributed by atoms with E-state index in [1.807, 2.05) is 26.0 Å². The summed E-state index contributed by atoms with van der Waals surface area (Å²) in [5, 5.41) is 9.60. The molecule has 0 bridgehead atoms. The largest absolute Gasteiger partial charge is 0.480 e. The first-order valence-corrected chi connectivity index (χ1v) is 5.55. The van der Waals surface area contributed by atoms with Gasteiger partial charge in [-0.2, -0.15) is 0 Å². The van der Waals surface area contributed by atoms with E-state index in [0.717, 1.165) is 5.56 Å². The van der Waals surface area contributed by atoms with Gasteiger partial charge in [0.2, 0.25) is 0 Å². The second-order valence-electron chi connectivity index (χ2n) is 4.19. The van der Waals surface area contributed by atoms with Gasteiger partial charge in [-0.3, -0.25) is 4.79 Å².